The highest BCUT2D eigenvalue weighted by Gasteiger charge is 2.51. The fraction of sp³-hybridized carbons (Fsp3) is 1.00. The second-order valence-corrected chi connectivity index (χ2v) is 7.79. The molecule has 2 heteroatoms. The van der Waals surface area contributed by atoms with Crippen LogP contribution in [0.2, 0.25) is 13.1 Å². The van der Waals surface area contributed by atoms with Crippen LogP contribution >= 0.6 is 0 Å². The minimum absolute atomic E-state index is 0.735. The van der Waals surface area contributed by atoms with Crippen molar-refractivity contribution < 1.29 is 0 Å². The van der Waals surface area contributed by atoms with E-state index in [2.05, 4.69) is 31.6 Å². The topological polar surface area (TPSA) is 3.01 Å². The molecule has 0 saturated carbocycles. The molecule has 1 fully saturated rings. The van der Waals surface area contributed by atoms with E-state index in [1.807, 2.05) is 0 Å². The van der Waals surface area contributed by atoms with Gasteiger partial charge in [-0.15, -0.1) is 0 Å². The Labute approximate surface area is 46.4 Å². The molecular weight excluding hydrogens is 102 g/mol. The van der Waals surface area contributed by atoms with E-state index in [0.717, 1.165) is 5.67 Å². The van der Waals surface area contributed by atoms with Gasteiger partial charge in [-0.2, -0.15) is 0 Å². The van der Waals surface area contributed by atoms with Gasteiger partial charge in [0.1, 0.15) is 8.24 Å². The molecule has 0 aromatic heterocycles. The third kappa shape index (κ3) is 0.536. The minimum Gasteiger partial charge on any atom is -0.324 e. The zero-order chi connectivity index (χ0) is 5.65. The van der Waals surface area contributed by atoms with Gasteiger partial charge in [-0.3, -0.25) is 0 Å². The Morgan fingerprint density at radius 2 is 1.57 bits per heavy atom. The molecule has 1 aliphatic rings. The molecule has 0 radical (unpaired) electrons. The van der Waals surface area contributed by atoms with E-state index in [4.69, 9.17) is 0 Å². The molecule has 1 rings (SSSR count). The summed E-state index contributed by atoms with van der Waals surface area (Å²) in [6.07, 6.45) is 0. The van der Waals surface area contributed by atoms with Crippen LogP contribution in [0.5, 0.6) is 0 Å². The van der Waals surface area contributed by atoms with Gasteiger partial charge in [0.15, 0.2) is 0 Å². The summed E-state index contributed by atoms with van der Waals surface area (Å²) in [5.74, 6) is 0. The first-order chi connectivity index (χ1) is 3.07. The summed E-state index contributed by atoms with van der Waals surface area (Å²) in [7, 11) is 1.48. The summed E-state index contributed by atoms with van der Waals surface area (Å²) in [6, 6.07) is 0. The van der Waals surface area contributed by atoms with Gasteiger partial charge in [-0.25, -0.2) is 0 Å². The maximum Gasteiger partial charge on any atom is 0.138 e. The van der Waals surface area contributed by atoms with Crippen LogP contribution in [0.3, 0.4) is 0 Å². The Balaban J connectivity index is 2.52. The second kappa shape index (κ2) is 1.12. The molecule has 1 heterocycles. The number of nitrogens with zero attached hydrogens (tertiary/aromatic N) is 1. The van der Waals surface area contributed by atoms with Gasteiger partial charge < -0.3 is 4.57 Å². The van der Waals surface area contributed by atoms with E-state index in [1.54, 1.807) is 0 Å². The molecule has 0 amide bonds. The molecule has 0 spiro atoms. The van der Waals surface area contributed by atoms with Crippen LogP contribution < -0.4 is 0 Å². The van der Waals surface area contributed by atoms with E-state index < -0.39 is 8.24 Å². The molecule has 2 atom stereocenters. The van der Waals surface area contributed by atoms with Gasteiger partial charge >= 0.3 is 0 Å². The van der Waals surface area contributed by atoms with Crippen LogP contribution in [0.4, 0.5) is 0 Å². The molecule has 1 saturated heterocycles. The van der Waals surface area contributed by atoms with Gasteiger partial charge in [0.25, 0.3) is 0 Å². The Morgan fingerprint density at radius 3 is 1.57 bits per heavy atom. The normalized spacial score (nSPS) is 46.3. The summed E-state index contributed by atoms with van der Waals surface area (Å²) < 4.78 is 2.49. The van der Waals surface area contributed by atoms with Gasteiger partial charge in [0, 0.05) is 5.67 Å². The first kappa shape index (κ1) is 5.32. The lowest BCUT2D eigenvalue weighted by molar-refractivity contribution is 0.668. The quantitative estimate of drug-likeness (QED) is 0.337. The molecule has 1 nitrogen and oxygen atoms in total. The third-order valence-electron chi connectivity index (χ3n) is 2.44. The predicted molar refractivity (Wildman–Crippen MR) is 34.7 cm³/mol. The second-order valence-electron chi connectivity index (χ2n) is 2.94. The summed E-state index contributed by atoms with van der Waals surface area (Å²) in [5.41, 5.74) is 0.937. The SMILES string of the molecule is C[C@@H]1N(C)[Si]1(C)C. The van der Waals surface area contributed by atoms with Crippen LogP contribution in [-0.2, 0) is 0 Å². The maximum atomic E-state index is 2.49. The van der Waals surface area contributed by atoms with Crippen molar-refractivity contribution in [1.82, 2.24) is 4.57 Å². The smallest absolute Gasteiger partial charge is 0.138 e. The molecule has 7 heavy (non-hydrogen) atoms. The van der Waals surface area contributed by atoms with E-state index in [9.17, 15) is 0 Å². The monoisotopic (exact) mass is 115 g/mol. The van der Waals surface area contributed by atoms with Crippen molar-refractivity contribution in [2.45, 2.75) is 25.7 Å². The van der Waals surface area contributed by atoms with Crippen molar-refractivity contribution in [2.75, 3.05) is 7.05 Å². The van der Waals surface area contributed by atoms with Crippen molar-refractivity contribution in [3.05, 3.63) is 0 Å². The summed E-state index contributed by atoms with van der Waals surface area (Å²) in [4.78, 5) is 0. The molecule has 0 aromatic rings. The van der Waals surface area contributed by atoms with Crippen molar-refractivity contribution in [1.29, 1.82) is 0 Å². The van der Waals surface area contributed by atoms with Crippen molar-refractivity contribution in [3.63, 3.8) is 0 Å². The number of hydrogen-bond donors (Lipinski definition) is 0. The largest absolute Gasteiger partial charge is 0.324 e. The van der Waals surface area contributed by atoms with Crippen molar-refractivity contribution in [3.8, 4) is 0 Å². The molecule has 0 aromatic carbocycles. The van der Waals surface area contributed by atoms with Crippen molar-refractivity contribution in [2.24, 2.45) is 0 Å². The molecule has 1 unspecified atom stereocenters. The lowest BCUT2D eigenvalue weighted by Crippen LogP contribution is -2.10. The van der Waals surface area contributed by atoms with E-state index >= 15 is 0 Å². The van der Waals surface area contributed by atoms with Crippen LogP contribution in [0.15, 0.2) is 0 Å². The Morgan fingerprint density at radius 1 is 1.43 bits per heavy atom. The van der Waals surface area contributed by atoms with Gasteiger partial charge in [-0.05, 0) is 7.05 Å². The van der Waals surface area contributed by atoms with E-state index in [0.29, 0.717) is 0 Å². The van der Waals surface area contributed by atoms with E-state index in [1.165, 1.54) is 0 Å². The van der Waals surface area contributed by atoms with Crippen LogP contribution in [-0.4, -0.2) is 25.5 Å². The lowest BCUT2D eigenvalue weighted by atomic mass is 10.8. The van der Waals surface area contributed by atoms with Crippen LogP contribution in [0.1, 0.15) is 6.92 Å². The zero-order valence-electron chi connectivity index (χ0n) is 5.52. The first-order valence-electron chi connectivity index (χ1n) is 2.80. The van der Waals surface area contributed by atoms with Gasteiger partial charge in [0.05, 0.1) is 0 Å². The first-order valence-corrected chi connectivity index (χ1v) is 5.82. The molecule has 0 N–H and O–H groups in total. The van der Waals surface area contributed by atoms with Gasteiger partial charge in [-0.1, -0.05) is 20.0 Å². The number of hydrogen-bond acceptors (Lipinski definition) is 1. The molecule has 1 aliphatic heterocycles. The minimum atomic E-state index is -0.735. The molecule has 42 valence electrons. The van der Waals surface area contributed by atoms with Gasteiger partial charge in [0.2, 0.25) is 0 Å². The number of rotatable bonds is 0. The zero-order valence-corrected chi connectivity index (χ0v) is 6.52. The molecular formula is C5H13NSi. The average molecular weight is 115 g/mol. The Kier molecular flexibility index (Phi) is 0.848. The van der Waals surface area contributed by atoms with Crippen LogP contribution in [0, 0.1) is 0 Å². The lowest BCUT2D eigenvalue weighted by Gasteiger charge is -1.90. The van der Waals surface area contributed by atoms with Crippen molar-refractivity contribution >= 4 is 8.24 Å². The highest BCUT2D eigenvalue weighted by atomic mass is 28.3. The summed E-state index contributed by atoms with van der Waals surface area (Å²) in [6.45, 7) is 7.11. The summed E-state index contributed by atoms with van der Waals surface area (Å²) in [5, 5.41) is 0. The fourth-order valence-electron chi connectivity index (χ4n) is 0.907. The highest BCUT2D eigenvalue weighted by molar-refractivity contribution is 6.85. The standard InChI is InChI=1S/C5H13NSi/c1-5-6(2)7(5,3)4/h5H,1-4H3/t5-,6?/m1/s1. The van der Waals surface area contributed by atoms with E-state index in [-0.39, 0.29) is 0 Å². The fourth-order valence-corrected chi connectivity index (χ4v) is 3.50. The maximum absolute atomic E-state index is 2.49. The Bertz CT molecular complexity index is 80.1. The Hall–Kier alpha value is 0.177. The highest BCUT2D eigenvalue weighted by Crippen LogP contribution is 2.32. The predicted octanol–water partition coefficient (Wildman–Crippen LogP) is 1.06. The molecule has 0 aliphatic carbocycles. The third-order valence-corrected chi connectivity index (χ3v) is 6.82. The van der Waals surface area contributed by atoms with Crippen LogP contribution in [0.25, 0.3) is 0 Å². The summed E-state index contributed by atoms with van der Waals surface area (Å²) >= 11 is 0. The average Bonchev–Trinajstić information content (AvgIpc) is 1.91. The molecule has 0 bridgehead atoms.